The van der Waals surface area contributed by atoms with Crippen LogP contribution in [-0.4, -0.2) is 109 Å². The second-order valence-corrected chi connectivity index (χ2v) is 12.8. The van der Waals surface area contributed by atoms with Gasteiger partial charge in [-0.15, -0.1) is 23.1 Å². The predicted molar refractivity (Wildman–Crippen MR) is 172 cm³/mol. The number of fused-ring (bicyclic) bond motifs is 1. The number of rotatable bonds is 14. The minimum Gasteiger partial charge on any atom is -0.478 e. The maximum Gasteiger partial charge on any atom is 0.352 e. The molecule has 3 amide bonds. The van der Waals surface area contributed by atoms with E-state index in [9.17, 15) is 34.2 Å². The van der Waals surface area contributed by atoms with Crippen molar-refractivity contribution < 1.29 is 39.0 Å². The van der Waals surface area contributed by atoms with Gasteiger partial charge in [0.1, 0.15) is 35.3 Å². The molecule has 0 radical (unpaired) electrons. The van der Waals surface area contributed by atoms with E-state index in [0.29, 0.717) is 30.8 Å². The second-order valence-electron chi connectivity index (χ2n) is 10.8. The fourth-order valence-electron chi connectivity index (χ4n) is 4.33. The zero-order valence-electron chi connectivity index (χ0n) is 25.3. The molecule has 18 nitrogen and oxygen atoms in total. The quantitative estimate of drug-likeness (QED) is 0.0696. The Bertz CT molecular complexity index is 1620. The van der Waals surface area contributed by atoms with Gasteiger partial charge >= 0.3 is 11.9 Å². The lowest BCUT2D eigenvalue weighted by molar-refractivity contribution is -0.161. The van der Waals surface area contributed by atoms with Crippen LogP contribution in [0.25, 0.3) is 0 Å². The van der Waals surface area contributed by atoms with E-state index < -0.39 is 46.5 Å². The molecule has 47 heavy (non-hydrogen) atoms. The summed E-state index contributed by atoms with van der Waals surface area (Å²) in [5, 5.41) is 29.1. The van der Waals surface area contributed by atoms with E-state index >= 15 is 0 Å². The Labute approximate surface area is 276 Å². The first-order chi connectivity index (χ1) is 22.2. The number of aromatic nitrogens is 1. The van der Waals surface area contributed by atoms with E-state index in [1.54, 1.807) is 23.3 Å². The summed E-state index contributed by atoms with van der Waals surface area (Å²) in [6.45, 7) is 3.35. The van der Waals surface area contributed by atoms with E-state index in [1.807, 2.05) is 0 Å². The van der Waals surface area contributed by atoms with Crippen LogP contribution >= 0.6 is 23.1 Å². The Kier molecular flexibility index (Phi) is 10.9. The first-order valence-corrected chi connectivity index (χ1v) is 16.0. The molecular formula is C27H34N10O8S2. The molecule has 0 aliphatic carbocycles. The Morgan fingerprint density at radius 2 is 2.00 bits per heavy atom. The Morgan fingerprint density at radius 1 is 1.26 bits per heavy atom. The zero-order chi connectivity index (χ0) is 34.5. The molecule has 1 fully saturated rings. The van der Waals surface area contributed by atoms with Gasteiger partial charge in [-0.2, -0.15) is 0 Å². The van der Waals surface area contributed by atoms with Crippen molar-refractivity contribution in [3.63, 3.8) is 0 Å². The summed E-state index contributed by atoms with van der Waals surface area (Å²) in [6.07, 6.45) is 5.70. The maximum absolute atomic E-state index is 13.3. The van der Waals surface area contributed by atoms with E-state index in [4.69, 9.17) is 22.0 Å². The number of nitrogen functional groups attached to an aromatic ring is 1. The van der Waals surface area contributed by atoms with Crippen LogP contribution in [0.2, 0.25) is 0 Å². The number of β-lactam (4-membered cyclic amide) rings is 1. The van der Waals surface area contributed by atoms with Gasteiger partial charge in [0, 0.05) is 30.3 Å². The van der Waals surface area contributed by atoms with Crippen molar-refractivity contribution in [3.05, 3.63) is 46.4 Å². The molecule has 0 aromatic carbocycles. The highest BCUT2D eigenvalue weighted by atomic mass is 32.2. The fraction of sp³-hybridized carbons (Fsp3) is 0.407. The summed E-state index contributed by atoms with van der Waals surface area (Å²) in [5.41, 5.74) is 15.4. The number of carbonyl (C=O) groups is 5. The monoisotopic (exact) mass is 690 g/mol. The number of thioether (sulfide) groups is 1. The predicted octanol–water partition coefficient (Wildman–Crippen LogP) is -1.07. The van der Waals surface area contributed by atoms with Gasteiger partial charge in [0.25, 0.3) is 11.8 Å². The number of aliphatic imine (C=N–C) groups is 1. The molecule has 0 bridgehead atoms. The molecule has 0 saturated carbocycles. The number of carboxylic acid groups (broad SMARTS) is 2. The number of oxime groups is 1. The highest BCUT2D eigenvalue weighted by Gasteiger charge is 2.54. The van der Waals surface area contributed by atoms with Crippen LogP contribution in [0, 0.1) is 0 Å². The Morgan fingerprint density at radius 3 is 2.64 bits per heavy atom. The molecule has 3 aliphatic heterocycles. The SMILES string of the molecule is CC(C)(O/N=C(\C(=O)N[C@@H]1C(=O)N2C(C(=O)O)=C(/C=C/CN3C=C(NC(=O)CCCN)C(N)=NC3)CSC12)c1csc(N)n1)C(=O)O. The average molecular weight is 691 g/mol. The van der Waals surface area contributed by atoms with E-state index in [2.05, 4.69) is 25.8 Å². The lowest BCUT2D eigenvalue weighted by Crippen LogP contribution is -2.71. The summed E-state index contributed by atoms with van der Waals surface area (Å²) < 4.78 is 0. The van der Waals surface area contributed by atoms with Crippen LogP contribution in [0.1, 0.15) is 32.4 Å². The maximum atomic E-state index is 13.3. The number of nitrogens with zero attached hydrogens (tertiary/aromatic N) is 5. The van der Waals surface area contributed by atoms with E-state index in [-0.39, 0.29) is 47.1 Å². The average Bonchev–Trinajstić information content (AvgIpc) is 3.45. The standard InChI is InChI=1S/C27H34N10O8S2/c1-27(2,25(43)44)45-35-17(15-11-47-26(30)33-15)21(39)34-18-22(40)37-19(24(41)42)13(10-46-23(18)37)5-4-8-36-9-14(20(29)31-12-36)32-16(38)6-3-7-28/h4-5,9,11,18,23H,3,6-8,10,12,28H2,1-2H3,(H2,29,31)(H2,30,33)(H,32,38)(H,34,39)(H,41,42)(H,43,44)/b5-4+,35-17-/t18-,23?/m1/s1. The van der Waals surface area contributed by atoms with Crippen LogP contribution in [0.15, 0.2) is 50.8 Å². The van der Waals surface area contributed by atoms with E-state index in [0.717, 1.165) is 16.2 Å². The van der Waals surface area contributed by atoms with Gasteiger partial charge < -0.3 is 47.8 Å². The van der Waals surface area contributed by atoms with Crippen LogP contribution in [0.3, 0.4) is 0 Å². The van der Waals surface area contributed by atoms with Crippen molar-refractivity contribution in [1.82, 2.24) is 25.4 Å². The summed E-state index contributed by atoms with van der Waals surface area (Å²) >= 11 is 2.25. The number of amidine groups is 1. The number of anilines is 1. The van der Waals surface area contributed by atoms with Crippen LogP contribution in [0.5, 0.6) is 0 Å². The van der Waals surface area contributed by atoms with Gasteiger partial charge in [0.15, 0.2) is 10.8 Å². The van der Waals surface area contributed by atoms with Gasteiger partial charge in [-0.3, -0.25) is 19.3 Å². The number of carbonyl (C=O) groups excluding carboxylic acids is 3. The Hall–Kier alpha value is -4.95. The van der Waals surface area contributed by atoms with Crippen LogP contribution in [-0.2, 0) is 28.8 Å². The van der Waals surface area contributed by atoms with E-state index in [1.165, 1.54) is 31.0 Å². The highest BCUT2D eigenvalue weighted by molar-refractivity contribution is 8.00. The molecular weight excluding hydrogens is 656 g/mol. The number of carboxylic acids is 2. The second kappa shape index (κ2) is 14.6. The number of hydrogen-bond acceptors (Lipinski definition) is 15. The summed E-state index contributed by atoms with van der Waals surface area (Å²) in [7, 11) is 0. The summed E-state index contributed by atoms with van der Waals surface area (Å²) in [4.78, 5) is 78.5. The molecule has 10 N–H and O–H groups in total. The zero-order valence-corrected chi connectivity index (χ0v) is 27.0. The van der Waals surface area contributed by atoms with Crippen molar-refractivity contribution in [2.75, 3.05) is 31.2 Å². The summed E-state index contributed by atoms with van der Waals surface area (Å²) in [6, 6.07) is -1.11. The molecule has 1 aromatic rings. The molecule has 4 heterocycles. The first kappa shape index (κ1) is 34.9. The molecule has 3 aliphatic rings. The van der Waals surface area contributed by atoms with Crippen molar-refractivity contribution in [1.29, 1.82) is 0 Å². The lowest BCUT2D eigenvalue weighted by Gasteiger charge is -2.49. The third-order valence-corrected chi connectivity index (χ3v) is 8.87. The van der Waals surface area contributed by atoms with Crippen molar-refractivity contribution in [2.45, 2.75) is 43.7 Å². The number of nitrogens with two attached hydrogens (primary N) is 3. The van der Waals surface area contributed by atoms with Crippen LogP contribution in [0.4, 0.5) is 5.13 Å². The topological polar surface area (TPSA) is 281 Å². The number of aliphatic carboxylic acids is 2. The van der Waals surface area contributed by atoms with Gasteiger partial charge in [0.2, 0.25) is 11.5 Å². The third kappa shape index (κ3) is 8.07. The molecule has 20 heteroatoms. The lowest BCUT2D eigenvalue weighted by atomic mass is 10.0. The molecule has 1 saturated heterocycles. The summed E-state index contributed by atoms with van der Waals surface area (Å²) in [5.74, 6) is -4.07. The fourth-order valence-corrected chi connectivity index (χ4v) is 6.20. The van der Waals surface area contributed by atoms with Gasteiger partial charge in [-0.05, 0) is 32.4 Å². The normalized spacial score (nSPS) is 19.9. The van der Waals surface area contributed by atoms with Gasteiger partial charge in [0.05, 0.1) is 5.70 Å². The van der Waals surface area contributed by atoms with Crippen LogP contribution < -0.4 is 27.8 Å². The number of thiazole rings is 1. The van der Waals surface area contributed by atoms with Gasteiger partial charge in [-0.1, -0.05) is 17.3 Å². The number of hydrogen-bond donors (Lipinski definition) is 7. The van der Waals surface area contributed by atoms with Crippen molar-refractivity contribution in [2.24, 2.45) is 21.6 Å². The number of amides is 3. The third-order valence-electron chi connectivity index (χ3n) is 6.90. The van der Waals surface area contributed by atoms with Crippen molar-refractivity contribution >= 4 is 69.4 Å². The molecule has 4 rings (SSSR count). The number of allylic oxidation sites excluding steroid dienone is 1. The Balaban J connectivity index is 1.45. The highest BCUT2D eigenvalue weighted by Crippen LogP contribution is 2.40. The smallest absolute Gasteiger partial charge is 0.352 e. The minimum absolute atomic E-state index is 0.00248. The van der Waals surface area contributed by atoms with Gasteiger partial charge in [-0.25, -0.2) is 19.6 Å². The first-order valence-electron chi connectivity index (χ1n) is 14.1. The molecule has 1 aromatic heterocycles. The molecule has 252 valence electrons. The van der Waals surface area contributed by atoms with Crippen molar-refractivity contribution in [3.8, 4) is 0 Å². The largest absolute Gasteiger partial charge is 0.478 e. The molecule has 2 atom stereocenters. The molecule has 0 spiro atoms. The minimum atomic E-state index is -1.78. The molecule has 1 unspecified atom stereocenters. The number of nitrogens with one attached hydrogen (secondary N) is 2.